The maximum absolute atomic E-state index is 5.28. The van der Waals surface area contributed by atoms with Crippen LogP contribution < -0.4 is 0 Å². The average Bonchev–Trinajstić information content (AvgIpc) is 2.05. The fourth-order valence-electron chi connectivity index (χ4n) is 1.36. The van der Waals surface area contributed by atoms with Gasteiger partial charge in [-0.3, -0.25) is 0 Å². The van der Waals surface area contributed by atoms with Gasteiger partial charge in [-0.05, 0) is 18.8 Å². The van der Waals surface area contributed by atoms with Gasteiger partial charge in [0.1, 0.15) is 0 Å². The van der Waals surface area contributed by atoms with Crippen LogP contribution in [0.1, 0.15) is 33.1 Å². The van der Waals surface area contributed by atoms with E-state index >= 15 is 0 Å². The van der Waals surface area contributed by atoms with Crippen molar-refractivity contribution in [2.75, 3.05) is 13.2 Å². The summed E-state index contributed by atoms with van der Waals surface area (Å²) in [6.07, 6.45) is 3.47. The fraction of sp³-hybridized carbons (Fsp3) is 0.818. The zero-order valence-corrected chi connectivity index (χ0v) is 8.10. The first kappa shape index (κ1) is 9.61. The maximum atomic E-state index is 5.28. The molecule has 12 heavy (non-hydrogen) atoms. The lowest BCUT2D eigenvalue weighted by Gasteiger charge is -2.19. The molecule has 1 heteroatoms. The third kappa shape index (κ3) is 3.78. The molecule has 1 heterocycles. The molecule has 0 N–H and O–H groups in total. The first-order valence-electron chi connectivity index (χ1n) is 4.85. The predicted molar refractivity (Wildman–Crippen MR) is 50.8 cm³/mol. The predicted octanol–water partition coefficient (Wildman–Crippen LogP) is 2.46. The molecule has 1 aliphatic heterocycles. The van der Waals surface area contributed by atoms with Crippen molar-refractivity contribution >= 4 is 0 Å². The van der Waals surface area contributed by atoms with Crippen LogP contribution in [0.4, 0.5) is 0 Å². The molecular formula is C11H18O. The van der Waals surface area contributed by atoms with Crippen molar-refractivity contribution in [3.05, 3.63) is 0 Å². The minimum absolute atomic E-state index is 0.518. The molecule has 1 fully saturated rings. The summed E-state index contributed by atoms with van der Waals surface area (Å²) < 4.78 is 5.28. The second kappa shape index (κ2) is 5.22. The summed E-state index contributed by atoms with van der Waals surface area (Å²) in [5, 5.41) is 0. The number of hydrogen-bond donors (Lipinski definition) is 0. The normalized spacial score (nSPS) is 18.9. The Labute approximate surface area is 75.5 Å². The zero-order chi connectivity index (χ0) is 8.81. The summed E-state index contributed by atoms with van der Waals surface area (Å²) in [4.78, 5) is 0. The van der Waals surface area contributed by atoms with E-state index in [0.717, 1.165) is 25.6 Å². The van der Waals surface area contributed by atoms with Crippen LogP contribution in [-0.2, 0) is 4.74 Å². The Kier molecular flexibility index (Phi) is 4.18. The van der Waals surface area contributed by atoms with Crippen molar-refractivity contribution in [1.82, 2.24) is 0 Å². The van der Waals surface area contributed by atoms with Gasteiger partial charge in [0.05, 0.1) is 0 Å². The Hall–Kier alpha value is -0.480. The monoisotopic (exact) mass is 166 g/mol. The first-order valence-corrected chi connectivity index (χ1v) is 4.85. The Morgan fingerprint density at radius 1 is 1.33 bits per heavy atom. The van der Waals surface area contributed by atoms with Gasteiger partial charge in [-0.1, -0.05) is 13.8 Å². The molecule has 0 saturated carbocycles. The standard InChI is InChI=1S/C11H18O/c1-10(2)4-3-5-11-6-8-12-9-7-11/h10-11H,5-9H2,1-2H3. The minimum Gasteiger partial charge on any atom is -0.381 e. The van der Waals surface area contributed by atoms with Crippen molar-refractivity contribution in [1.29, 1.82) is 0 Å². The van der Waals surface area contributed by atoms with Gasteiger partial charge in [-0.15, -0.1) is 11.8 Å². The highest BCUT2D eigenvalue weighted by molar-refractivity contribution is 5.02. The number of hydrogen-bond acceptors (Lipinski definition) is 1. The van der Waals surface area contributed by atoms with E-state index in [2.05, 4.69) is 25.7 Å². The zero-order valence-electron chi connectivity index (χ0n) is 8.10. The first-order chi connectivity index (χ1) is 5.79. The molecule has 0 radical (unpaired) electrons. The highest BCUT2D eigenvalue weighted by atomic mass is 16.5. The molecule has 1 aliphatic rings. The Morgan fingerprint density at radius 3 is 2.58 bits per heavy atom. The summed E-state index contributed by atoms with van der Waals surface area (Å²) in [7, 11) is 0. The van der Waals surface area contributed by atoms with Crippen LogP contribution in [-0.4, -0.2) is 13.2 Å². The Morgan fingerprint density at radius 2 is 2.00 bits per heavy atom. The quantitative estimate of drug-likeness (QED) is 0.544. The Bertz CT molecular complexity index is 167. The molecule has 0 aliphatic carbocycles. The summed E-state index contributed by atoms with van der Waals surface area (Å²) in [5.74, 6) is 7.77. The second-order valence-corrected chi connectivity index (χ2v) is 3.74. The summed E-state index contributed by atoms with van der Waals surface area (Å²) >= 11 is 0. The van der Waals surface area contributed by atoms with Crippen LogP contribution >= 0.6 is 0 Å². The van der Waals surface area contributed by atoms with Crippen LogP contribution in [0.25, 0.3) is 0 Å². The summed E-state index contributed by atoms with van der Waals surface area (Å²) in [5.41, 5.74) is 0. The SMILES string of the molecule is CC(C)C#CCC1CCOCC1. The van der Waals surface area contributed by atoms with Gasteiger partial charge in [0.25, 0.3) is 0 Å². The van der Waals surface area contributed by atoms with E-state index in [-0.39, 0.29) is 0 Å². The van der Waals surface area contributed by atoms with Crippen molar-refractivity contribution in [2.24, 2.45) is 11.8 Å². The van der Waals surface area contributed by atoms with Crippen LogP contribution in [0.5, 0.6) is 0 Å². The third-order valence-corrected chi connectivity index (χ3v) is 2.12. The molecule has 1 saturated heterocycles. The Balaban J connectivity index is 2.18. The summed E-state index contributed by atoms with van der Waals surface area (Å²) in [6, 6.07) is 0. The largest absolute Gasteiger partial charge is 0.381 e. The van der Waals surface area contributed by atoms with Gasteiger partial charge in [0, 0.05) is 25.6 Å². The van der Waals surface area contributed by atoms with Gasteiger partial charge >= 0.3 is 0 Å². The van der Waals surface area contributed by atoms with Crippen LogP contribution in [0.2, 0.25) is 0 Å². The molecule has 0 aromatic heterocycles. The molecule has 0 aromatic carbocycles. The maximum Gasteiger partial charge on any atom is 0.0469 e. The molecule has 0 unspecified atom stereocenters. The van der Waals surface area contributed by atoms with Crippen LogP contribution in [0, 0.1) is 23.7 Å². The van der Waals surface area contributed by atoms with Gasteiger partial charge in [-0.2, -0.15) is 0 Å². The van der Waals surface area contributed by atoms with E-state index in [9.17, 15) is 0 Å². The van der Waals surface area contributed by atoms with E-state index in [1.807, 2.05) is 0 Å². The van der Waals surface area contributed by atoms with Crippen LogP contribution in [0.15, 0.2) is 0 Å². The van der Waals surface area contributed by atoms with E-state index in [4.69, 9.17) is 4.74 Å². The number of ether oxygens (including phenoxy) is 1. The van der Waals surface area contributed by atoms with Crippen LogP contribution in [0.3, 0.4) is 0 Å². The third-order valence-electron chi connectivity index (χ3n) is 2.12. The van der Waals surface area contributed by atoms with E-state index in [1.165, 1.54) is 12.8 Å². The van der Waals surface area contributed by atoms with Crippen molar-refractivity contribution in [2.45, 2.75) is 33.1 Å². The minimum atomic E-state index is 0.518. The van der Waals surface area contributed by atoms with E-state index < -0.39 is 0 Å². The lowest BCUT2D eigenvalue weighted by Crippen LogP contribution is -2.14. The van der Waals surface area contributed by atoms with Crippen molar-refractivity contribution < 1.29 is 4.74 Å². The lowest BCUT2D eigenvalue weighted by atomic mass is 9.97. The van der Waals surface area contributed by atoms with Gasteiger partial charge in [0.15, 0.2) is 0 Å². The van der Waals surface area contributed by atoms with Gasteiger partial charge < -0.3 is 4.74 Å². The average molecular weight is 166 g/mol. The molecule has 68 valence electrons. The summed E-state index contributed by atoms with van der Waals surface area (Å²) in [6.45, 7) is 6.15. The molecule has 1 nitrogen and oxygen atoms in total. The molecule has 0 amide bonds. The molecule has 0 atom stereocenters. The molecule has 0 bridgehead atoms. The molecule has 0 aromatic rings. The van der Waals surface area contributed by atoms with E-state index in [0.29, 0.717) is 5.92 Å². The van der Waals surface area contributed by atoms with Gasteiger partial charge in [-0.25, -0.2) is 0 Å². The number of rotatable bonds is 1. The van der Waals surface area contributed by atoms with Crippen molar-refractivity contribution in [3.63, 3.8) is 0 Å². The smallest absolute Gasteiger partial charge is 0.0469 e. The van der Waals surface area contributed by atoms with Gasteiger partial charge in [0.2, 0.25) is 0 Å². The highest BCUT2D eigenvalue weighted by Crippen LogP contribution is 2.17. The fourth-order valence-corrected chi connectivity index (χ4v) is 1.36. The molecular weight excluding hydrogens is 148 g/mol. The van der Waals surface area contributed by atoms with E-state index in [1.54, 1.807) is 0 Å². The second-order valence-electron chi connectivity index (χ2n) is 3.74. The topological polar surface area (TPSA) is 9.23 Å². The lowest BCUT2D eigenvalue weighted by molar-refractivity contribution is 0.0678. The molecule has 0 spiro atoms. The van der Waals surface area contributed by atoms with Crippen molar-refractivity contribution in [3.8, 4) is 11.8 Å². The highest BCUT2D eigenvalue weighted by Gasteiger charge is 2.11. The molecule has 1 rings (SSSR count).